The zero-order chi connectivity index (χ0) is 27.4. The average molecular weight is 531 g/mol. The molecule has 5 rings (SSSR count). The van der Waals surface area contributed by atoms with Crippen LogP contribution in [0.15, 0.2) is 55.5 Å². The van der Waals surface area contributed by atoms with Gasteiger partial charge < -0.3 is 26.4 Å². The van der Waals surface area contributed by atoms with Crippen molar-refractivity contribution in [2.24, 2.45) is 5.92 Å². The molecule has 1 fully saturated rings. The summed E-state index contributed by atoms with van der Waals surface area (Å²) in [5.41, 5.74) is 3.20. The molecule has 39 heavy (non-hydrogen) atoms. The van der Waals surface area contributed by atoms with Gasteiger partial charge in [-0.2, -0.15) is 14.7 Å². The van der Waals surface area contributed by atoms with Gasteiger partial charge in [-0.25, -0.2) is 14.6 Å². The summed E-state index contributed by atoms with van der Waals surface area (Å²) in [6, 6.07) is 7.62. The molecule has 0 unspecified atom stereocenters. The smallest absolute Gasteiger partial charge is 0.247 e. The molecule has 4 aromatic heterocycles. The SMILES string of the molecule is C=CC(=O)Nc1cnn(-c2cccc(CNc3cc(NC[C@H]4CCNC[C@@H]4O)nc4c(C(C)C)cnn34)n2)c1. The van der Waals surface area contributed by atoms with Gasteiger partial charge >= 0.3 is 0 Å². The van der Waals surface area contributed by atoms with Crippen LogP contribution in [0.4, 0.5) is 17.3 Å². The molecule has 0 aliphatic carbocycles. The number of hydrogen-bond acceptors (Lipinski definition) is 9. The monoisotopic (exact) mass is 530 g/mol. The molecule has 204 valence electrons. The maximum atomic E-state index is 11.6. The number of hydrogen-bond donors (Lipinski definition) is 5. The fraction of sp³-hybridized carbons (Fsp3) is 0.370. The average Bonchev–Trinajstić information content (AvgIpc) is 3.59. The molecule has 5 N–H and O–H groups in total. The first kappa shape index (κ1) is 26.3. The van der Waals surface area contributed by atoms with E-state index in [-0.39, 0.29) is 23.8 Å². The van der Waals surface area contributed by atoms with E-state index in [1.165, 1.54) is 6.08 Å². The van der Waals surface area contributed by atoms with Crippen molar-refractivity contribution in [1.82, 2.24) is 34.7 Å². The van der Waals surface area contributed by atoms with E-state index in [1.807, 2.05) is 35.0 Å². The van der Waals surface area contributed by atoms with E-state index in [9.17, 15) is 9.90 Å². The van der Waals surface area contributed by atoms with E-state index in [4.69, 9.17) is 9.97 Å². The summed E-state index contributed by atoms with van der Waals surface area (Å²) in [5.74, 6) is 2.25. The van der Waals surface area contributed by atoms with Crippen LogP contribution in [0.25, 0.3) is 11.5 Å². The Balaban J connectivity index is 1.35. The number of aliphatic hydroxyl groups is 1. The van der Waals surface area contributed by atoms with Gasteiger partial charge in [-0.05, 0) is 37.1 Å². The van der Waals surface area contributed by atoms with Gasteiger partial charge in [0.05, 0.1) is 42.6 Å². The summed E-state index contributed by atoms with van der Waals surface area (Å²) in [5, 5.41) is 32.0. The first-order chi connectivity index (χ1) is 18.9. The molecule has 5 heterocycles. The Morgan fingerprint density at radius 3 is 2.92 bits per heavy atom. The molecular weight excluding hydrogens is 496 g/mol. The van der Waals surface area contributed by atoms with Crippen molar-refractivity contribution in [3.05, 3.63) is 66.8 Å². The number of fused-ring (bicyclic) bond motifs is 1. The number of anilines is 3. The first-order valence-electron chi connectivity index (χ1n) is 13.1. The molecule has 12 heteroatoms. The highest BCUT2D eigenvalue weighted by Gasteiger charge is 2.23. The largest absolute Gasteiger partial charge is 0.391 e. The Morgan fingerprint density at radius 2 is 2.13 bits per heavy atom. The van der Waals surface area contributed by atoms with Crippen LogP contribution < -0.4 is 21.3 Å². The van der Waals surface area contributed by atoms with Crippen molar-refractivity contribution >= 4 is 28.9 Å². The van der Waals surface area contributed by atoms with Crippen LogP contribution in [0.1, 0.15) is 37.4 Å². The number of amides is 1. The lowest BCUT2D eigenvalue weighted by molar-refractivity contribution is -0.111. The minimum atomic E-state index is -0.378. The molecule has 0 radical (unpaired) electrons. The predicted octanol–water partition coefficient (Wildman–Crippen LogP) is 2.55. The van der Waals surface area contributed by atoms with E-state index in [1.54, 1.807) is 17.1 Å². The van der Waals surface area contributed by atoms with Crippen molar-refractivity contribution < 1.29 is 9.90 Å². The molecule has 0 saturated carbocycles. The van der Waals surface area contributed by atoms with Gasteiger partial charge in [0.25, 0.3) is 0 Å². The highest BCUT2D eigenvalue weighted by atomic mass is 16.3. The molecule has 1 saturated heterocycles. The Kier molecular flexibility index (Phi) is 7.84. The quantitative estimate of drug-likeness (QED) is 0.195. The number of aromatic nitrogens is 6. The van der Waals surface area contributed by atoms with E-state index in [2.05, 4.69) is 51.9 Å². The molecule has 1 aliphatic heterocycles. The second kappa shape index (κ2) is 11.6. The van der Waals surface area contributed by atoms with Crippen molar-refractivity contribution in [2.75, 3.05) is 35.6 Å². The maximum absolute atomic E-state index is 11.6. The van der Waals surface area contributed by atoms with Gasteiger partial charge in [-0.15, -0.1) is 0 Å². The Bertz CT molecular complexity index is 1460. The molecule has 4 aromatic rings. The molecule has 0 bridgehead atoms. The van der Waals surface area contributed by atoms with Crippen LogP contribution in [0, 0.1) is 5.92 Å². The van der Waals surface area contributed by atoms with Gasteiger partial charge in [0, 0.05) is 30.6 Å². The zero-order valence-electron chi connectivity index (χ0n) is 22.1. The first-order valence-corrected chi connectivity index (χ1v) is 13.1. The minimum Gasteiger partial charge on any atom is -0.391 e. The summed E-state index contributed by atoms with van der Waals surface area (Å²) in [6.07, 6.45) is 6.85. The summed E-state index contributed by atoms with van der Waals surface area (Å²) in [7, 11) is 0. The van der Waals surface area contributed by atoms with E-state index >= 15 is 0 Å². The number of rotatable bonds is 10. The predicted molar refractivity (Wildman–Crippen MR) is 150 cm³/mol. The molecule has 2 atom stereocenters. The number of pyridine rings is 1. The standard InChI is InChI=1S/C27H34N10O2/c1-4-26(39)34-20-13-31-36(16-20)24-7-5-6-19(33-24)12-30-25-10-23(29-11-18-8-9-28-15-22(18)38)35-27-21(17(2)3)14-32-37(25)27/h4-7,10,13-14,16-18,22,28,30,38H,1,8-9,11-12,15H2,2-3H3,(H,29,35)(H,34,39)/t18-,22+/m1/s1. The summed E-state index contributed by atoms with van der Waals surface area (Å²) >= 11 is 0. The third-order valence-corrected chi connectivity index (χ3v) is 6.77. The van der Waals surface area contributed by atoms with E-state index in [0.717, 1.165) is 41.5 Å². The molecule has 0 aromatic carbocycles. The number of carbonyl (C=O) groups excluding carboxylic acids is 1. The van der Waals surface area contributed by atoms with Gasteiger partial charge in [0.15, 0.2) is 11.5 Å². The third-order valence-electron chi connectivity index (χ3n) is 6.77. The lowest BCUT2D eigenvalue weighted by atomic mass is 9.95. The number of piperidine rings is 1. The van der Waals surface area contributed by atoms with Crippen molar-refractivity contribution in [1.29, 1.82) is 0 Å². The Hall–Kier alpha value is -4.29. The fourth-order valence-corrected chi connectivity index (χ4v) is 4.55. The van der Waals surface area contributed by atoms with Crippen LogP contribution in [0.3, 0.4) is 0 Å². The highest BCUT2D eigenvalue weighted by Crippen LogP contribution is 2.25. The fourth-order valence-electron chi connectivity index (χ4n) is 4.55. The lowest BCUT2D eigenvalue weighted by Gasteiger charge is -2.28. The van der Waals surface area contributed by atoms with Crippen molar-refractivity contribution in [2.45, 2.75) is 38.8 Å². The lowest BCUT2D eigenvalue weighted by Crippen LogP contribution is -2.43. The van der Waals surface area contributed by atoms with E-state index < -0.39 is 0 Å². The van der Waals surface area contributed by atoms with Gasteiger partial charge in [-0.1, -0.05) is 26.5 Å². The second-order valence-electron chi connectivity index (χ2n) is 9.93. The van der Waals surface area contributed by atoms with Gasteiger partial charge in [0.1, 0.15) is 11.6 Å². The highest BCUT2D eigenvalue weighted by molar-refractivity contribution is 5.98. The Labute approximate surface area is 226 Å². The number of aliphatic hydroxyl groups excluding tert-OH is 1. The topological polar surface area (TPSA) is 146 Å². The number of carbonyl (C=O) groups is 1. The Morgan fingerprint density at radius 1 is 1.26 bits per heavy atom. The zero-order valence-corrected chi connectivity index (χ0v) is 22.1. The molecular formula is C27H34N10O2. The molecule has 12 nitrogen and oxygen atoms in total. The van der Waals surface area contributed by atoms with Crippen molar-refractivity contribution in [3.8, 4) is 5.82 Å². The van der Waals surface area contributed by atoms with Crippen LogP contribution >= 0.6 is 0 Å². The van der Waals surface area contributed by atoms with Crippen LogP contribution in [-0.2, 0) is 11.3 Å². The summed E-state index contributed by atoms with van der Waals surface area (Å²) < 4.78 is 3.41. The minimum absolute atomic E-state index is 0.162. The maximum Gasteiger partial charge on any atom is 0.247 e. The summed E-state index contributed by atoms with van der Waals surface area (Å²) in [4.78, 5) is 21.1. The van der Waals surface area contributed by atoms with Crippen LogP contribution in [-0.4, -0.2) is 66.1 Å². The molecule has 0 spiro atoms. The number of β-amino-alcohol motifs (C(OH)–C–C–N with tert-alkyl or cyclic N) is 1. The van der Waals surface area contributed by atoms with E-state index in [0.29, 0.717) is 31.1 Å². The second-order valence-corrected chi connectivity index (χ2v) is 9.93. The van der Waals surface area contributed by atoms with Crippen LogP contribution in [0.2, 0.25) is 0 Å². The van der Waals surface area contributed by atoms with Crippen molar-refractivity contribution in [3.63, 3.8) is 0 Å². The normalized spacial score (nSPS) is 17.3. The molecule has 1 amide bonds. The number of nitrogens with one attached hydrogen (secondary N) is 4. The molecule has 1 aliphatic rings. The van der Waals surface area contributed by atoms with Gasteiger partial charge in [0.2, 0.25) is 5.91 Å². The van der Waals surface area contributed by atoms with Crippen LogP contribution in [0.5, 0.6) is 0 Å². The van der Waals surface area contributed by atoms with Gasteiger partial charge in [-0.3, -0.25) is 4.79 Å². The third kappa shape index (κ3) is 6.07. The summed E-state index contributed by atoms with van der Waals surface area (Å²) in [6.45, 7) is 10.3. The number of nitrogens with zero attached hydrogens (tertiary/aromatic N) is 6.